The van der Waals surface area contributed by atoms with Crippen LogP contribution in [0.25, 0.3) is 0 Å². The first-order valence-corrected chi connectivity index (χ1v) is 13.1. The summed E-state index contributed by atoms with van der Waals surface area (Å²) in [5, 5.41) is 11.7. The van der Waals surface area contributed by atoms with Gasteiger partial charge < -0.3 is 15.2 Å². The van der Waals surface area contributed by atoms with Gasteiger partial charge in [0.15, 0.2) is 9.84 Å². The van der Waals surface area contributed by atoms with Crippen molar-refractivity contribution < 1.29 is 23.1 Å². The van der Waals surface area contributed by atoms with Crippen LogP contribution in [0.15, 0.2) is 77.7 Å². The molecule has 0 amide bonds. The van der Waals surface area contributed by atoms with Crippen molar-refractivity contribution >= 4 is 15.8 Å². The molecule has 1 atom stereocenters. The predicted octanol–water partition coefficient (Wildman–Crippen LogP) is 3.41. The van der Waals surface area contributed by atoms with Crippen molar-refractivity contribution in [3.05, 3.63) is 95.1 Å². The number of carboxylic acid groups (broad SMARTS) is 1. The Labute approximate surface area is 206 Å². The Hall–Kier alpha value is -3.20. The van der Waals surface area contributed by atoms with Gasteiger partial charge in [0, 0.05) is 31.7 Å². The lowest BCUT2D eigenvalue weighted by atomic mass is 10.1. The van der Waals surface area contributed by atoms with E-state index in [9.17, 15) is 18.3 Å². The molecule has 1 aliphatic rings. The molecule has 4 rings (SSSR count). The van der Waals surface area contributed by atoms with Gasteiger partial charge in [-0.3, -0.25) is 9.69 Å². The highest BCUT2D eigenvalue weighted by Gasteiger charge is 2.35. The zero-order chi connectivity index (χ0) is 24.8. The Kier molecular flexibility index (Phi) is 7.85. The molecule has 1 fully saturated rings. The van der Waals surface area contributed by atoms with Gasteiger partial charge >= 0.3 is 5.97 Å². The Morgan fingerprint density at radius 3 is 2.51 bits per heavy atom. The molecule has 1 aliphatic heterocycles. The first kappa shape index (κ1) is 24.9. The van der Waals surface area contributed by atoms with Crippen LogP contribution >= 0.6 is 0 Å². The van der Waals surface area contributed by atoms with E-state index in [1.807, 2.05) is 48.2 Å². The fraction of sp³-hybridized carbons (Fsp3) is 0.296. The summed E-state index contributed by atoms with van der Waals surface area (Å²) >= 11 is 0. The van der Waals surface area contributed by atoms with Gasteiger partial charge in [-0.2, -0.15) is 0 Å². The van der Waals surface area contributed by atoms with E-state index >= 15 is 0 Å². The Balaban J connectivity index is 1.62. The quantitative estimate of drug-likeness (QED) is 0.471. The summed E-state index contributed by atoms with van der Waals surface area (Å²) in [5.41, 5.74) is 3.42. The molecule has 0 aromatic heterocycles. The van der Waals surface area contributed by atoms with E-state index in [0.717, 1.165) is 16.7 Å². The molecule has 7 nitrogen and oxygen atoms in total. The van der Waals surface area contributed by atoms with E-state index in [4.69, 9.17) is 4.74 Å². The largest absolute Gasteiger partial charge is 0.489 e. The lowest BCUT2D eigenvalue weighted by Gasteiger charge is -2.36. The molecule has 3 aromatic carbocycles. The van der Waals surface area contributed by atoms with Crippen LogP contribution in [0.3, 0.4) is 0 Å². The minimum absolute atomic E-state index is 0.112. The first-order valence-electron chi connectivity index (χ1n) is 11.6. The maximum atomic E-state index is 13.5. The molecule has 0 saturated carbocycles. The van der Waals surface area contributed by atoms with Crippen molar-refractivity contribution in [2.45, 2.75) is 36.8 Å². The topological polar surface area (TPSA) is 95.9 Å². The summed E-state index contributed by atoms with van der Waals surface area (Å²) in [5.74, 6) is -0.302. The third kappa shape index (κ3) is 6.28. The number of sulfone groups is 1. The molecule has 184 valence electrons. The van der Waals surface area contributed by atoms with E-state index in [-0.39, 0.29) is 6.42 Å². The number of carboxylic acids is 1. The molecule has 0 bridgehead atoms. The van der Waals surface area contributed by atoms with Gasteiger partial charge in [0.25, 0.3) is 0 Å². The number of hydrogen-bond donors (Lipinski definition) is 2. The van der Waals surface area contributed by atoms with E-state index in [2.05, 4.69) is 5.32 Å². The SMILES string of the molecule is Cc1ccc(S(=O)(=O)C2CNCCN2Cc2cc(CC(=O)O)ccc2OCc2ccccc2)cc1. The number of aryl methyl sites for hydroxylation is 1. The van der Waals surface area contributed by atoms with Crippen LogP contribution < -0.4 is 10.1 Å². The lowest BCUT2D eigenvalue weighted by molar-refractivity contribution is -0.136. The van der Waals surface area contributed by atoms with Gasteiger partial charge in [-0.1, -0.05) is 60.2 Å². The molecule has 0 aliphatic carbocycles. The molecule has 1 saturated heterocycles. The van der Waals surface area contributed by atoms with E-state index in [1.165, 1.54) is 0 Å². The molecular formula is C27H30N2O5S. The molecule has 2 N–H and O–H groups in total. The van der Waals surface area contributed by atoms with Crippen LogP contribution in [0.1, 0.15) is 22.3 Å². The minimum atomic E-state index is -3.62. The zero-order valence-electron chi connectivity index (χ0n) is 19.7. The molecule has 0 radical (unpaired) electrons. The predicted molar refractivity (Wildman–Crippen MR) is 134 cm³/mol. The third-order valence-corrected chi connectivity index (χ3v) is 8.21. The van der Waals surface area contributed by atoms with Crippen molar-refractivity contribution in [3.8, 4) is 5.75 Å². The van der Waals surface area contributed by atoms with Crippen molar-refractivity contribution in [2.24, 2.45) is 0 Å². The van der Waals surface area contributed by atoms with E-state index in [0.29, 0.717) is 49.0 Å². The van der Waals surface area contributed by atoms with Crippen LogP contribution in [0.5, 0.6) is 5.75 Å². The molecule has 35 heavy (non-hydrogen) atoms. The second-order valence-corrected chi connectivity index (χ2v) is 10.9. The zero-order valence-corrected chi connectivity index (χ0v) is 20.5. The highest BCUT2D eigenvalue weighted by molar-refractivity contribution is 7.92. The van der Waals surface area contributed by atoms with Crippen molar-refractivity contribution in [3.63, 3.8) is 0 Å². The standard InChI is InChI=1S/C27H30N2O5S/c1-20-7-10-24(11-8-20)35(32,33)26-17-28-13-14-29(26)18-23-15-22(16-27(30)31)9-12-25(23)34-19-21-5-3-2-4-6-21/h2-12,15,26,28H,13-14,16-19H2,1H3,(H,30,31). The van der Waals surface area contributed by atoms with Crippen LogP contribution in [0.4, 0.5) is 0 Å². The minimum Gasteiger partial charge on any atom is -0.489 e. The van der Waals surface area contributed by atoms with Gasteiger partial charge in [0.2, 0.25) is 0 Å². The summed E-state index contributed by atoms with van der Waals surface area (Å²) in [6.07, 6.45) is -0.112. The monoisotopic (exact) mass is 494 g/mol. The summed E-state index contributed by atoms with van der Waals surface area (Å²) in [4.78, 5) is 13.5. The molecule has 1 unspecified atom stereocenters. The normalized spacial score (nSPS) is 16.7. The number of carbonyl (C=O) groups is 1. The highest BCUT2D eigenvalue weighted by atomic mass is 32.2. The number of aliphatic carboxylic acids is 1. The van der Waals surface area contributed by atoms with Crippen LogP contribution in [0, 0.1) is 6.92 Å². The van der Waals surface area contributed by atoms with Gasteiger partial charge in [-0.25, -0.2) is 8.42 Å². The van der Waals surface area contributed by atoms with Gasteiger partial charge in [0.05, 0.1) is 11.3 Å². The fourth-order valence-corrected chi connectivity index (χ4v) is 5.97. The Morgan fingerprint density at radius 1 is 1.06 bits per heavy atom. The molecule has 0 spiro atoms. The second kappa shape index (κ2) is 11.0. The number of hydrogen-bond acceptors (Lipinski definition) is 6. The van der Waals surface area contributed by atoms with Crippen LogP contribution in [-0.4, -0.2) is 49.4 Å². The van der Waals surface area contributed by atoms with Gasteiger partial charge in [-0.15, -0.1) is 0 Å². The molecule has 8 heteroatoms. The van der Waals surface area contributed by atoms with Crippen LogP contribution in [0.2, 0.25) is 0 Å². The smallest absolute Gasteiger partial charge is 0.307 e. The summed E-state index contributed by atoms with van der Waals surface area (Å²) in [7, 11) is -3.62. The number of piperazine rings is 1. The third-order valence-electron chi connectivity index (χ3n) is 6.10. The van der Waals surface area contributed by atoms with Crippen LogP contribution in [-0.2, 0) is 34.2 Å². The Bertz CT molecular complexity index is 1260. The van der Waals surface area contributed by atoms with Crippen molar-refractivity contribution in [1.29, 1.82) is 0 Å². The number of ether oxygens (including phenoxy) is 1. The maximum absolute atomic E-state index is 13.5. The maximum Gasteiger partial charge on any atom is 0.307 e. The number of rotatable bonds is 9. The summed E-state index contributed by atoms with van der Waals surface area (Å²) in [6.45, 7) is 4.12. The number of nitrogens with zero attached hydrogens (tertiary/aromatic N) is 1. The average Bonchev–Trinajstić information content (AvgIpc) is 2.84. The summed E-state index contributed by atoms with van der Waals surface area (Å²) in [6, 6.07) is 22.0. The van der Waals surface area contributed by atoms with Crippen molar-refractivity contribution in [1.82, 2.24) is 10.2 Å². The summed E-state index contributed by atoms with van der Waals surface area (Å²) < 4.78 is 33.1. The lowest BCUT2D eigenvalue weighted by Crippen LogP contribution is -2.54. The van der Waals surface area contributed by atoms with Gasteiger partial charge in [-0.05, 0) is 36.2 Å². The Morgan fingerprint density at radius 2 is 1.80 bits per heavy atom. The van der Waals surface area contributed by atoms with E-state index < -0.39 is 21.2 Å². The molecule has 1 heterocycles. The molecular weight excluding hydrogens is 464 g/mol. The number of benzene rings is 3. The van der Waals surface area contributed by atoms with Gasteiger partial charge in [0.1, 0.15) is 17.7 Å². The fourth-order valence-electron chi connectivity index (χ4n) is 4.23. The van der Waals surface area contributed by atoms with E-state index in [1.54, 1.807) is 36.4 Å². The second-order valence-electron chi connectivity index (χ2n) is 8.77. The molecule has 3 aromatic rings. The highest BCUT2D eigenvalue weighted by Crippen LogP contribution is 2.27. The number of nitrogens with one attached hydrogen (secondary N) is 1. The first-order chi connectivity index (χ1) is 16.8. The van der Waals surface area contributed by atoms with Crippen molar-refractivity contribution in [2.75, 3.05) is 19.6 Å². The average molecular weight is 495 g/mol.